The Balaban J connectivity index is 1.81. The maximum absolute atomic E-state index is 12.2. The standard InChI is InChI=1S/C14H26N2O2/c1-3-7-14(2,18)9-16-13(17)12-11-6-4-5-10(11)8-15-12/h10-12,15,18H,3-9H2,1-2H3,(H,16,17). The molecule has 0 aromatic carbocycles. The Morgan fingerprint density at radius 3 is 3.00 bits per heavy atom. The first-order chi connectivity index (χ1) is 8.53. The molecule has 2 aliphatic rings. The minimum absolute atomic E-state index is 0.0325. The van der Waals surface area contributed by atoms with Gasteiger partial charge in [-0.1, -0.05) is 19.8 Å². The van der Waals surface area contributed by atoms with Crippen molar-refractivity contribution in [3.8, 4) is 0 Å². The minimum atomic E-state index is -0.780. The summed E-state index contributed by atoms with van der Waals surface area (Å²) < 4.78 is 0. The van der Waals surface area contributed by atoms with E-state index in [1.807, 2.05) is 6.92 Å². The number of carbonyl (C=O) groups excluding carboxylic acids is 1. The van der Waals surface area contributed by atoms with E-state index in [-0.39, 0.29) is 11.9 Å². The fraction of sp³-hybridized carbons (Fsp3) is 0.929. The molecule has 0 aromatic rings. The summed E-state index contributed by atoms with van der Waals surface area (Å²) in [5.41, 5.74) is -0.780. The van der Waals surface area contributed by atoms with Crippen LogP contribution in [0.15, 0.2) is 0 Å². The highest BCUT2D eigenvalue weighted by Crippen LogP contribution is 2.37. The van der Waals surface area contributed by atoms with E-state index in [4.69, 9.17) is 0 Å². The molecule has 1 aliphatic carbocycles. The van der Waals surface area contributed by atoms with Gasteiger partial charge >= 0.3 is 0 Å². The topological polar surface area (TPSA) is 61.4 Å². The largest absolute Gasteiger partial charge is 0.388 e. The van der Waals surface area contributed by atoms with E-state index in [0.717, 1.165) is 19.4 Å². The molecule has 1 amide bonds. The normalized spacial score (nSPS) is 34.1. The molecule has 104 valence electrons. The number of hydrogen-bond donors (Lipinski definition) is 3. The van der Waals surface area contributed by atoms with Crippen LogP contribution in [0.4, 0.5) is 0 Å². The van der Waals surface area contributed by atoms with Gasteiger partial charge in [0.05, 0.1) is 11.6 Å². The van der Waals surface area contributed by atoms with Gasteiger partial charge in [-0.15, -0.1) is 0 Å². The second-order valence-electron chi connectivity index (χ2n) is 6.21. The van der Waals surface area contributed by atoms with Crippen LogP contribution in [0.2, 0.25) is 0 Å². The summed E-state index contributed by atoms with van der Waals surface area (Å²) in [6.45, 7) is 5.17. The first-order valence-electron chi connectivity index (χ1n) is 7.27. The fourth-order valence-electron chi connectivity index (χ4n) is 3.49. The molecule has 0 bridgehead atoms. The van der Waals surface area contributed by atoms with Crippen molar-refractivity contribution in [1.29, 1.82) is 0 Å². The fourth-order valence-corrected chi connectivity index (χ4v) is 3.49. The second-order valence-corrected chi connectivity index (χ2v) is 6.21. The van der Waals surface area contributed by atoms with Gasteiger partial charge < -0.3 is 15.7 Å². The number of nitrogens with one attached hydrogen (secondary N) is 2. The molecule has 4 nitrogen and oxygen atoms in total. The summed E-state index contributed by atoms with van der Waals surface area (Å²) in [4.78, 5) is 12.2. The minimum Gasteiger partial charge on any atom is -0.388 e. The smallest absolute Gasteiger partial charge is 0.237 e. The lowest BCUT2D eigenvalue weighted by Crippen LogP contribution is -2.48. The predicted octanol–water partition coefficient (Wildman–Crippen LogP) is 1.04. The first kappa shape index (κ1) is 13.8. The predicted molar refractivity (Wildman–Crippen MR) is 71.2 cm³/mol. The molecule has 1 aliphatic heterocycles. The van der Waals surface area contributed by atoms with Gasteiger partial charge in [0, 0.05) is 6.54 Å². The van der Waals surface area contributed by atoms with Crippen LogP contribution >= 0.6 is 0 Å². The van der Waals surface area contributed by atoms with Gasteiger partial charge in [0.15, 0.2) is 0 Å². The van der Waals surface area contributed by atoms with Crippen LogP contribution in [-0.2, 0) is 4.79 Å². The second kappa shape index (κ2) is 5.57. The lowest BCUT2D eigenvalue weighted by atomic mass is 9.93. The highest BCUT2D eigenvalue weighted by molar-refractivity contribution is 5.82. The van der Waals surface area contributed by atoms with Gasteiger partial charge in [-0.05, 0) is 44.6 Å². The molecule has 0 aromatic heterocycles. The van der Waals surface area contributed by atoms with Gasteiger partial charge in [0.25, 0.3) is 0 Å². The Bertz CT molecular complexity index is 304. The summed E-state index contributed by atoms with van der Waals surface area (Å²) in [6, 6.07) is -0.0325. The molecule has 1 heterocycles. The average molecular weight is 254 g/mol. The summed E-state index contributed by atoms with van der Waals surface area (Å²) in [5.74, 6) is 1.28. The maximum atomic E-state index is 12.2. The van der Waals surface area contributed by atoms with Gasteiger partial charge in [0.2, 0.25) is 5.91 Å². The Morgan fingerprint density at radius 2 is 2.28 bits per heavy atom. The van der Waals surface area contributed by atoms with Gasteiger partial charge in [-0.3, -0.25) is 4.79 Å². The third-order valence-corrected chi connectivity index (χ3v) is 4.46. The van der Waals surface area contributed by atoms with Gasteiger partial charge in [0.1, 0.15) is 0 Å². The van der Waals surface area contributed by atoms with Crippen molar-refractivity contribution in [2.45, 2.75) is 57.6 Å². The molecule has 4 unspecified atom stereocenters. The summed E-state index contributed by atoms with van der Waals surface area (Å²) >= 11 is 0. The summed E-state index contributed by atoms with van der Waals surface area (Å²) in [5, 5.41) is 16.3. The van der Waals surface area contributed by atoms with Crippen LogP contribution in [0.25, 0.3) is 0 Å². The van der Waals surface area contributed by atoms with Crippen LogP contribution in [-0.4, -0.2) is 35.7 Å². The number of rotatable bonds is 5. The summed E-state index contributed by atoms with van der Waals surface area (Å²) in [7, 11) is 0. The van der Waals surface area contributed by atoms with Gasteiger partial charge in [-0.2, -0.15) is 0 Å². The molecule has 3 N–H and O–H groups in total. The molecule has 4 heteroatoms. The number of fused-ring (bicyclic) bond motifs is 1. The van der Waals surface area contributed by atoms with E-state index in [1.165, 1.54) is 19.3 Å². The Hall–Kier alpha value is -0.610. The van der Waals surface area contributed by atoms with E-state index in [9.17, 15) is 9.90 Å². The van der Waals surface area contributed by atoms with Gasteiger partial charge in [-0.25, -0.2) is 0 Å². The third-order valence-electron chi connectivity index (χ3n) is 4.46. The third kappa shape index (κ3) is 3.04. The molecule has 0 radical (unpaired) electrons. The lowest BCUT2D eigenvalue weighted by Gasteiger charge is -2.25. The lowest BCUT2D eigenvalue weighted by molar-refractivity contribution is -0.125. The molecule has 0 spiro atoms. The highest BCUT2D eigenvalue weighted by atomic mass is 16.3. The zero-order chi connectivity index (χ0) is 13.2. The van der Waals surface area contributed by atoms with Crippen molar-refractivity contribution in [1.82, 2.24) is 10.6 Å². The van der Waals surface area contributed by atoms with E-state index >= 15 is 0 Å². The Labute approximate surface area is 110 Å². The Morgan fingerprint density at radius 1 is 1.50 bits per heavy atom. The van der Waals surface area contributed by atoms with Crippen molar-refractivity contribution >= 4 is 5.91 Å². The molecule has 1 saturated heterocycles. The zero-order valence-electron chi connectivity index (χ0n) is 11.5. The Kier molecular flexibility index (Phi) is 4.28. The van der Waals surface area contributed by atoms with Crippen LogP contribution in [0.5, 0.6) is 0 Å². The molecule has 4 atom stereocenters. The SMILES string of the molecule is CCCC(C)(O)CNC(=O)C1NCC2CCCC21. The molecular formula is C14H26N2O2. The van der Waals surface area contributed by atoms with E-state index in [2.05, 4.69) is 10.6 Å². The number of aliphatic hydroxyl groups is 1. The van der Waals surface area contributed by atoms with Crippen LogP contribution in [0.3, 0.4) is 0 Å². The van der Waals surface area contributed by atoms with Crippen molar-refractivity contribution in [2.75, 3.05) is 13.1 Å². The number of amides is 1. The zero-order valence-corrected chi connectivity index (χ0v) is 11.5. The van der Waals surface area contributed by atoms with Crippen LogP contribution in [0, 0.1) is 11.8 Å². The van der Waals surface area contributed by atoms with E-state index < -0.39 is 5.60 Å². The first-order valence-corrected chi connectivity index (χ1v) is 7.27. The van der Waals surface area contributed by atoms with Crippen molar-refractivity contribution in [2.24, 2.45) is 11.8 Å². The van der Waals surface area contributed by atoms with E-state index in [0.29, 0.717) is 18.4 Å². The van der Waals surface area contributed by atoms with Crippen molar-refractivity contribution in [3.05, 3.63) is 0 Å². The van der Waals surface area contributed by atoms with E-state index in [1.54, 1.807) is 6.92 Å². The molecule has 2 rings (SSSR count). The molecule has 2 fully saturated rings. The quantitative estimate of drug-likeness (QED) is 0.687. The maximum Gasteiger partial charge on any atom is 0.237 e. The van der Waals surface area contributed by atoms with Crippen molar-refractivity contribution in [3.63, 3.8) is 0 Å². The monoisotopic (exact) mass is 254 g/mol. The van der Waals surface area contributed by atoms with Crippen molar-refractivity contribution < 1.29 is 9.90 Å². The van der Waals surface area contributed by atoms with Crippen LogP contribution < -0.4 is 10.6 Å². The molecule has 18 heavy (non-hydrogen) atoms. The number of hydrogen-bond acceptors (Lipinski definition) is 3. The molecule has 1 saturated carbocycles. The summed E-state index contributed by atoms with van der Waals surface area (Å²) in [6.07, 6.45) is 5.33. The average Bonchev–Trinajstić information content (AvgIpc) is 2.87. The highest BCUT2D eigenvalue weighted by Gasteiger charge is 2.42. The van der Waals surface area contributed by atoms with Crippen LogP contribution in [0.1, 0.15) is 46.0 Å². The number of carbonyl (C=O) groups is 1. The molecular weight excluding hydrogens is 228 g/mol.